The maximum atomic E-state index is 11.5. The van der Waals surface area contributed by atoms with Gasteiger partial charge in [0.05, 0.1) is 12.7 Å². The summed E-state index contributed by atoms with van der Waals surface area (Å²) in [4.78, 5) is 15.4. The third kappa shape index (κ3) is 4.32. The summed E-state index contributed by atoms with van der Waals surface area (Å²) in [6, 6.07) is 16.1. The average molecular weight is 358 g/mol. The number of hydrogen-bond acceptors (Lipinski definition) is 5. The molecule has 0 spiro atoms. The molecule has 0 saturated carbocycles. The van der Waals surface area contributed by atoms with E-state index in [1.165, 1.54) is 21.7 Å². The molecule has 3 nitrogen and oxygen atoms in total. The van der Waals surface area contributed by atoms with Crippen molar-refractivity contribution < 1.29 is 9.53 Å². The molecule has 0 bridgehead atoms. The summed E-state index contributed by atoms with van der Waals surface area (Å²) < 4.78 is 4.72. The van der Waals surface area contributed by atoms with Gasteiger partial charge in [-0.15, -0.1) is 22.7 Å². The van der Waals surface area contributed by atoms with Crippen molar-refractivity contribution in [1.29, 1.82) is 0 Å². The molecular formula is C19H19NO2S2. The molecule has 24 heavy (non-hydrogen) atoms. The van der Waals surface area contributed by atoms with E-state index in [1.807, 2.05) is 12.1 Å². The molecule has 0 aliphatic carbocycles. The first-order valence-corrected chi connectivity index (χ1v) is 9.46. The highest BCUT2D eigenvalue weighted by Crippen LogP contribution is 2.28. The lowest BCUT2D eigenvalue weighted by Crippen LogP contribution is -2.15. The third-order valence-electron chi connectivity index (χ3n) is 3.68. The van der Waals surface area contributed by atoms with Crippen molar-refractivity contribution in [2.45, 2.75) is 13.0 Å². The predicted molar refractivity (Wildman–Crippen MR) is 101 cm³/mol. The van der Waals surface area contributed by atoms with E-state index in [0.29, 0.717) is 5.56 Å². The van der Waals surface area contributed by atoms with Gasteiger partial charge in [-0.1, -0.05) is 18.2 Å². The van der Waals surface area contributed by atoms with Crippen LogP contribution in [-0.4, -0.2) is 19.6 Å². The van der Waals surface area contributed by atoms with Crippen LogP contribution in [0.5, 0.6) is 0 Å². The SMILES string of the molecule is COC(=O)c1ccc(-c2ccc(CNCCc3cccs3)s2)cc1. The van der Waals surface area contributed by atoms with Crippen LogP contribution in [0.3, 0.4) is 0 Å². The van der Waals surface area contributed by atoms with Crippen LogP contribution in [0.1, 0.15) is 20.1 Å². The fourth-order valence-corrected chi connectivity index (χ4v) is 4.09. The number of thiophene rings is 2. The highest BCUT2D eigenvalue weighted by Gasteiger charge is 2.07. The Hall–Kier alpha value is -1.95. The zero-order valence-corrected chi connectivity index (χ0v) is 15.1. The highest BCUT2D eigenvalue weighted by atomic mass is 32.1. The van der Waals surface area contributed by atoms with E-state index in [2.05, 4.69) is 35.0 Å². The minimum Gasteiger partial charge on any atom is -0.465 e. The Balaban J connectivity index is 1.54. The van der Waals surface area contributed by atoms with Crippen LogP contribution in [0.15, 0.2) is 53.9 Å². The predicted octanol–water partition coefficient (Wildman–Crippen LogP) is 4.60. The lowest BCUT2D eigenvalue weighted by molar-refractivity contribution is 0.0601. The Morgan fingerprint density at radius 1 is 1.08 bits per heavy atom. The van der Waals surface area contributed by atoms with Crippen molar-refractivity contribution in [1.82, 2.24) is 5.32 Å². The molecule has 1 aromatic carbocycles. The number of rotatable bonds is 7. The smallest absolute Gasteiger partial charge is 0.337 e. The van der Waals surface area contributed by atoms with E-state index >= 15 is 0 Å². The molecule has 124 valence electrons. The van der Waals surface area contributed by atoms with Crippen LogP contribution >= 0.6 is 22.7 Å². The normalized spacial score (nSPS) is 10.7. The number of hydrogen-bond donors (Lipinski definition) is 1. The fraction of sp³-hybridized carbons (Fsp3) is 0.211. The van der Waals surface area contributed by atoms with Gasteiger partial charge in [0.15, 0.2) is 0 Å². The lowest BCUT2D eigenvalue weighted by atomic mass is 10.1. The van der Waals surface area contributed by atoms with E-state index in [1.54, 1.807) is 34.8 Å². The van der Waals surface area contributed by atoms with Crippen LogP contribution in [0.2, 0.25) is 0 Å². The Morgan fingerprint density at radius 2 is 1.92 bits per heavy atom. The first kappa shape index (κ1) is 16.9. The topological polar surface area (TPSA) is 38.3 Å². The summed E-state index contributed by atoms with van der Waals surface area (Å²) in [5, 5.41) is 5.61. The first-order valence-electron chi connectivity index (χ1n) is 7.77. The molecule has 0 atom stereocenters. The summed E-state index contributed by atoms with van der Waals surface area (Å²) in [5.41, 5.74) is 1.70. The quantitative estimate of drug-likeness (QED) is 0.496. The summed E-state index contributed by atoms with van der Waals surface area (Å²) in [5.74, 6) is -0.302. The second-order valence-corrected chi connectivity index (χ2v) is 7.54. The molecule has 2 aromatic heterocycles. The van der Waals surface area contributed by atoms with Crippen molar-refractivity contribution in [3.8, 4) is 10.4 Å². The molecule has 0 fully saturated rings. The van der Waals surface area contributed by atoms with Crippen molar-refractivity contribution in [2.75, 3.05) is 13.7 Å². The summed E-state index contributed by atoms with van der Waals surface area (Å²) in [7, 11) is 1.40. The number of methoxy groups -OCH3 is 1. The van der Waals surface area contributed by atoms with Gasteiger partial charge in [0, 0.05) is 27.7 Å². The van der Waals surface area contributed by atoms with Crippen LogP contribution in [0, 0.1) is 0 Å². The monoisotopic (exact) mass is 357 g/mol. The van der Waals surface area contributed by atoms with E-state index in [0.717, 1.165) is 25.1 Å². The number of benzene rings is 1. The van der Waals surface area contributed by atoms with E-state index in [-0.39, 0.29) is 5.97 Å². The van der Waals surface area contributed by atoms with Gasteiger partial charge in [-0.25, -0.2) is 4.79 Å². The minimum absolute atomic E-state index is 0.302. The van der Waals surface area contributed by atoms with Gasteiger partial charge in [0.1, 0.15) is 0 Å². The number of nitrogens with one attached hydrogen (secondary N) is 1. The Kier molecular flexibility index (Phi) is 5.80. The van der Waals surface area contributed by atoms with Gasteiger partial charge in [0.25, 0.3) is 0 Å². The molecule has 0 radical (unpaired) electrons. The molecule has 3 aromatic rings. The van der Waals surface area contributed by atoms with E-state index < -0.39 is 0 Å². The summed E-state index contributed by atoms with van der Waals surface area (Å²) in [6.45, 7) is 1.87. The highest BCUT2D eigenvalue weighted by molar-refractivity contribution is 7.15. The minimum atomic E-state index is -0.302. The van der Waals surface area contributed by atoms with E-state index in [9.17, 15) is 4.79 Å². The molecule has 0 amide bonds. The maximum absolute atomic E-state index is 11.5. The van der Waals surface area contributed by atoms with Crippen molar-refractivity contribution in [3.63, 3.8) is 0 Å². The molecular weight excluding hydrogens is 338 g/mol. The molecule has 2 heterocycles. The zero-order valence-electron chi connectivity index (χ0n) is 13.5. The van der Waals surface area contributed by atoms with Gasteiger partial charge in [-0.05, 0) is 47.7 Å². The molecule has 1 N–H and O–H groups in total. The van der Waals surface area contributed by atoms with Crippen molar-refractivity contribution >= 4 is 28.6 Å². The molecule has 5 heteroatoms. The van der Waals surface area contributed by atoms with Gasteiger partial charge >= 0.3 is 5.97 Å². The van der Waals surface area contributed by atoms with Gasteiger partial charge in [0.2, 0.25) is 0 Å². The fourth-order valence-electron chi connectivity index (χ4n) is 2.39. The number of carbonyl (C=O) groups is 1. The molecule has 0 aliphatic rings. The number of ether oxygens (including phenoxy) is 1. The second-order valence-electron chi connectivity index (χ2n) is 5.34. The van der Waals surface area contributed by atoms with Gasteiger partial charge < -0.3 is 10.1 Å². The first-order chi connectivity index (χ1) is 11.8. The number of carbonyl (C=O) groups excluding carboxylic acids is 1. The second kappa shape index (κ2) is 8.24. The number of esters is 1. The Labute approximate surface area is 149 Å². The van der Waals surface area contributed by atoms with Crippen molar-refractivity contribution in [2.24, 2.45) is 0 Å². The summed E-state index contributed by atoms with van der Waals surface area (Å²) >= 11 is 3.58. The van der Waals surface area contributed by atoms with E-state index in [4.69, 9.17) is 4.74 Å². The van der Waals surface area contributed by atoms with Gasteiger partial charge in [-0.2, -0.15) is 0 Å². The van der Waals surface area contributed by atoms with Gasteiger partial charge in [-0.3, -0.25) is 0 Å². The van der Waals surface area contributed by atoms with Crippen LogP contribution < -0.4 is 5.32 Å². The lowest BCUT2D eigenvalue weighted by Gasteiger charge is -2.02. The Bertz CT molecular complexity index is 776. The van der Waals surface area contributed by atoms with Crippen molar-refractivity contribution in [3.05, 3.63) is 69.2 Å². The molecule has 0 aliphatic heterocycles. The average Bonchev–Trinajstić information content (AvgIpc) is 3.30. The Morgan fingerprint density at radius 3 is 2.62 bits per heavy atom. The standard InChI is InChI=1S/C19H19NO2S2/c1-22-19(21)15-6-4-14(5-7-15)18-9-8-17(24-18)13-20-11-10-16-3-2-12-23-16/h2-9,12,20H,10-11,13H2,1H3. The largest absolute Gasteiger partial charge is 0.465 e. The maximum Gasteiger partial charge on any atom is 0.337 e. The zero-order chi connectivity index (χ0) is 16.8. The third-order valence-corrected chi connectivity index (χ3v) is 5.75. The van der Waals surface area contributed by atoms with Crippen LogP contribution in [-0.2, 0) is 17.7 Å². The molecule has 0 unspecified atom stereocenters. The van der Waals surface area contributed by atoms with Crippen LogP contribution in [0.25, 0.3) is 10.4 Å². The van der Waals surface area contributed by atoms with Crippen LogP contribution in [0.4, 0.5) is 0 Å². The summed E-state index contributed by atoms with van der Waals surface area (Å²) in [6.07, 6.45) is 1.07. The molecule has 0 saturated heterocycles. The molecule has 3 rings (SSSR count).